The SMILES string of the molecule is CC(CC12CC(CC1CCN=C=O)CC2CN=C=O)N=C=O. The van der Waals surface area contributed by atoms with Crippen LogP contribution in [0.5, 0.6) is 0 Å². The van der Waals surface area contributed by atoms with Crippen LogP contribution in [0.2, 0.25) is 0 Å². The van der Waals surface area contributed by atoms with Crippen LogP contribution in [0.25, 0.3) is 0 Å². The van der Waals surface area contributed by atoms with Crippen molar-refractivity contribution in [2.24, 2.45) is 38.1 Å². The second-order valence-corrected chi connectivity index (χ2v) is 6.64. The molecule has 22 heavy (non-hydrogen) atoms. The zero-order valence-corrected chi connectivity index (χ0v) is 12.8. The van der Waals surface area contributed by atoms with E-state index in [4.69, 9.17) is 0 Å². The normalized spacial score (nSPS) is 33.4. The third-order valence-electron chi connectivity index (χ3n) is 5.51. The van der Waals surface area contributed by atoms with Crippen molar-refractivity contribution in [1.29, 1.82) is 0 Å². The van der Waals surface area contributed by atoms with Crippen molar-refractivity contribution in [2.45, 2.75) is 45.1 Å². The molecule has 2 rings (SSSR count). The molecule has 2 fully saturated rings. The molecular formula is C16H21N3O3. The lowest BCUT2D eigenvalue weighted by molar-refractivity contribution is 0.0842. The molecule has 6 heteroatoms. The van der Waals surface area contributed by atoms with Gasteiger partial charge in [0, 0.05) is 0 Å². The number of fused-ring (bicyclic) bond motifs is 2. The maximum absolute atomic E-state index is 10.5. The van der Waals surface area contributed by atoms with Gasteiger partial charge in [-0.05, 0) is 62.2 Å². The molecule has 2 aliphatic rings. The minimum Gasteiger partial charge on any atom is -0.211 e. The average molecular weight is 303 g/mol. The maximum Gasteiger partial charge on any atom is 0.235 e. The maximum atomic E-state index is 10.5. The number of aliphatic imine (C=N–C) groups is 3. The van der Waals surface area contributed by atoms with Crippen LogP contribution in [-0.2, 0) is 14.4 Å². The van der Waals surface area contributed by atoms with E-state index in [0.29, 0.717) is 30.8 Å². The molecule has 0 N–H and O–H groups in total. The first-order valence-corrected chi connectivity index (χ1v) is 7.80. The lowest BCUT2D eigenvalue weighted by atomic mass is 9.64. The van der Waals surface area contributed by atoms with E-state index in [0.717, 1.165) is 32.1 Å². The molecule has 0 aromatic rings. The predicted octanol–water partition coefficient (Wildman–Crippen LogP) is 2.20. The van der Waals surface area contributed by atoms with Crippen molar-refractivity contribution in [2.75, 3.05) is 13.1 Å². The molecule has 6 nitrogen and oxygen atoms in total. The molecule has 0 aliphatic heterocycles. The van der Waals surface area contributed by atoms with E-state index in [1.807, 2.05) is 6.92 Å². The minimum absolute atomic E-state index is 0.0309. The Kier molecular flexibility index (Phi) is 5.57. The van der Waals surface area contributed by atoms with Crippen molar-refractivity contribution in [3.8, 4) is 0 Å². The lowest BCUT2D eigenvalue weighted by Gasteiger charge is -2.42. The van der Waals surface area contributed by atoms with Crippen LogP contribution in [-0.4, -0.2) is 37.4 Å². The minimum atomic E-state index is -0.0888. The van der Waals surface area contributed by atoms with Gasteiger partial charge in [-0.3, -0.25) is 0 Å². The molecule has 5 atom stereocenters. The van der Waals surface area contributed by atoms with Crippen LogP contribution in [0.3, 0.4) is 0 Å². The first kappa shape index (κ1) is 16.5. The Morgan fingerprint density at radius 2 is 1.82 bits per heavy atom. The quantitative estimate of drug-likeness (QED) is 0.508. The van der Waals surface area contributed by atoms with Crippen LogP contribution < -0.4 is 0 Å². The second-order valence-electron chi connectivity index (χ2n) is 6.64. The fourth-order valence-corrected chi connectivity index (χ4v) is 4.92. The summed E-state index contributed by atoms with van der Waals surface area (Å²) in [5.41, 5.74) is 0.0309. The lowest BCUT2D eigenvalue weighted by Crippen LogP contribution is -2.38. The summed E-state index contributed by atoms with van der Waals surface area (Å²) >= 11 is 0. The molecule has 2 saturated carbocycles. The second kappa shape index (κ2) is 7.42. The summed E-state index contributed by atoms with van der Waals surface area (Å²) in [6, 6.07) is -0.0888. The Morgan fingerprint density at radius 3 is 2.50 bits per heavy atom. The summed E-state index contributed by atoms with van der Waals surface area (Å²) in [7, 11) is 0. The summed E-state index contributed by atoms with van der Waals surface area (Å²) in [6.45, 7) is 2.90. The fourth-order valence-electron chi connectivity index (χ4n) is 4.92. The molecule has 118 valence electrons. The fraction of sp³-hybridized carbons (Fsp3) is 0.812. The van der Waals surface area contributed by atoms with E-state index >= 15 is 0 Å². The van der Waals surface area contributed by atoms with Crippen LogP contribution in [0.1, 0.15) is 39.0 Å². The third kappa shape index (κ3) is 3.31. The number of nitrogens with zero attached hydrogens (tertiary/aromatic N) is 3. The largest absolute Gasteiger partial charge is 0.235 e. The highest BCUT2D eigenvalue weighted by molar-refractivity contribution is 5.34. The molecular weight excluding hydrogens is 282 g/mol. The Balaban J connectivity index is 2.20. The Labute approximate surface area is 129 Å². The highest BCUT2D eigenvalue weighted by atomic mass is 16.1. The van der Waals surface area contributed by atoms with Crippen LogP contribution in [0, 0.1) is 23.2 Å². The highest BCUT2D eigenvalue weighted by Gasteiger charge is 2.57. The Morgan fingerprint density at radius 1 is 1.09 bits per heavy atom. The summed E-state index contributed by atoms with van der Waals surface area (Å²) in [6.07, 6.45) is 9.77. The third-order valence-corrected chi connectivity index (χ3v) is 5.51. The van der Waals surface area contributed by atoms with Crippen molar-refractivity contribution < 1.29 is 14.4 Å². The molecule has 0 amide bonds. The summed E-state index contributed by atoms with van der Waals surface area (Å²) in [4.78, 5) is 42.6. The molecule has 0 radical (unpaired) electrons. The number of isocyanates is 3. The Bertz CT molecular complexity index is 545. The molecule has 0 aromatic heterocycles. The van der Waals surface area contributed by atoms with Gasteiger partial charge in [0.15, 0.2) is 0 Å². The van der Waals surface area contributed by atoms with E-state index in [1.54, 1.807) is 18.2 Å². The van der Waals surface area contributed by atoms with Gasteiger partial charge in [0.2, 0.25) is 18.2 Å². The molecule has 2 aliphatic carbocycles. The van der Waals surface area contributed by atoms with Crippen molar-refractivity contribution in [1.82, 2.24) is 0 Å². The first-order chi connectivity index (χ1) is 10.7. The number of carbonyl (C=O) groups excluding carboxylic acids is 3. The van der Waals surface area contributed by atoms with Gasteiger partial charge >= 0.3 is 0 Å². The van der Waals surface area contributed by atoms with Crippen molar-refractivity contribution >= 4 is 18.2 Å². The summed E-state index contributed by atoms with van der Waals surface area (Å²) < 4.78 is 0. The van der Waals surface area contributed by atoms with Gasteiger partial charge in [0.25, 0.3) is 0 Å². The monoisotopic (exact) mass is 303 g/mol. The van der Waals surface area contributed by atoms with Crippen LogP contribution in [0.15, 0.2) is 15.0 Å². The van der Waals surface area contributed by atoms with Gasteiger partial charge in [-0.25, -0.2) is 29.4 Å². The molecule has 0 aromatic carbocycles. The van der Waals surface area contributed by atoms with Gasteiger partial charge in [-0.1, -0.05) is 0 Å². The number of hydrogen-bond acceptors (Lipinski definition) is 6. The van der Waals surface area contributed by atoms with E-state index in [-0.39, 0.29) is 11.5 Å². The van der Waals surface area contributed by atoms with Gasteiger partial charge in [-0.2, -0.15) is 0 Å². The zero-order chi connectivity index (χ0) is 16.0. The van der Waals surface area contributed by atoms with E-state index in [2.05, 4.69) is 15.0 Å². The van der Waals surface area contributed by atoms with Gasteiger partial charge in [-0.15, -0.1) is 0 Å². The average Bonchev–Trinajstić information content (AvgIpc) is 2.99. The predicted molar refractivity (Wildman–Crippen MR) is 79.5 cm³/mol. The Hall–Kier alpha value is -1.86. The topological polar surface area (TPSA) is 88.3 Å². The molecule has 0 spiro atoms. The molecule has 0 heterocycles. The number of hydrogen-bond donors (Lipinski definition) is 0. The van der Waals surface area contributed by atoms with Crippen LogP contribution >= 0.6 is 0 Å². The summed E-state index contributed by atoms with van der Waals surface area (Å²) in [5.74, 6) is 1.38. The van der Waals surface area contributed by atoms with Crippen LogP contribution in [0.4, 0.5) is 0 Å². The standard InChI is InChI=1S/C16H21N3O3/c1-12(19-11-22)6-16-7-13(5-15(16)8-18-10-21)4-14(16)2-3-17-9-20/h12-15H,2-8H2,1H3. The smallest absolute Gasteiger partial charge is 0.211 e. The molecule has 2 bridgehead atoms. The van der Waals surface area contributed by atoms with Crippen molar-refractivity contribution in [3.05, 3.63) is 0 Å². The van der Waals surface area contributed by atoms with E-state index in [1.165, 1.54) is 0 Å². The molecule has 5 unspecified atom stereocenters. The van der Waals surface area contributed by atoms with Gasteiger partial charge < -0.3 is 0 Å². The van der Waals surface area contributed by atoms with Gasteiger partial charge in [0.1, 0.15) is 0 Å². The first-order valence-electron chi connectivity index (χ1n) is 7.80. The van der Waals surface area contributed by atoms with Crippen molar-refractivity contribution in [3.63, 3.8) is 0 Å². The summed E-state index contributed by atoms with van der Waals surface area (Å²) in [5, 5.41) is 0. The highest BCUT2D eigenvalue weighted by Crippen LogP contribution is 2.64. The van der Waals surface area contributed by atoms with Gasteiger partial charge in [0.05, 0.1) is 19.1 Å². The molecule has 0 saturated heterocycles. The van der Waals surface area contributed by atoms with E-state index in [9.17, 15) is 14.4 Å². The van der Waals surface area contributed by atoms with E-state index < -0.39 is 0 Å². The zero-order valence-electron chi connectivity index (χ0n) is 12.8. The number of rotatable bonds is 8.